The zero-order chi connectivity index (χ0) is 15.5. The molecule has 0 aliphatic rings. The van der Waals surface area contributed by atoms with Gasteiger partial charge in [0.25, 0.3) is 0 Å². The van der Waals surface area contributed by atoms with Crippen molar-refractivity contribution in [1.82, 2.24) is 15.3 Å². The van der Waals surface area contributed by atoms with Crippen molar-refractivity contribution in [3.63, 3.8) is 0 Å². The number of nitrogens with two attached hydrogens (primary N) is 1. The van der Waals surface area contributed by atoms with Crippen LogP contribution in [0.5, 0.6) is 0 Å². The molecule has 2 rings (SSSR count). The number of carbonyl (C=O) groups is 1. The average Bonchev–Trinajstić information content (AvgIpc) is 2.84. The summed E-state index contributed by atoms with van der Waals surface area (Å²) >= 11 is 0. The van der Waals surface area contributed by atoms with Crippen LogP contribution in [0.4, 0.5) is 10.5 Å². The lowest BCUT2D eigenvalue weighted by Crippen LogP contribution is -2.32. The maximum absolute atomic E-state index is 11.6. The highest BCUT2D eigenvalue weighted by atomic mass is 16.6. The van der Waals surface area contributed by atoms with Gasteiger partial charge < -0.3 is 20.8 Å². The highest BCUT2D eigenvalue weighted by Crippen LogP contribution is 2.18. The number of aromatic amines is 1. The summed E-state index contributed by atoms with van der Waals surface area (Å²) in [6.07, 6.45) is 1.25. The quantitative estimate of drug-likeness (QED) is 0.757. The summed E-state index contributed by atoms with van der Waals surface area (Å²) in [5, 5.41) is 2.65. The number of hydrogen-bond donors (Lipinski definition) is 3. The maximum atomic E-state index is 11.6. The zero-order valence-corrected chi connectivity index (χ0v) is 12.4. The van der Waals surface area contributed by atoms with Crippen LogP contribution in [0.3, 0.4) is 0 Å². The molecule has 0 fully saturated rings. The van der Waals surface area contributed by atoms with Crippen LogP contribution in [-0.2, 0) is 11.3 Å². The van der Waals surface area contributed by atoms with Crippen LogP contribution in [0.1, 0.15) is 26.6 Å². The van der Waals surface area contributed by atoms with Gasteiger partial charge in [-0.25, -0.2) is 9.78 Å². The molecule has 0 aliphatic carbocycles. The van der Waals surface area contributed by atoms with Crippen molar-refractivity contribution < 1.29 is 9.53 Å². The van der Waals surface area contributed by atoms with Gasteiger partial charge in [-0.3, -0.25) is 0 Å². The minimum Gasteiger partial charge on any atom is -0.444 e. The third kappa shape index (κ3) is 4.52. The second kappa shape index (κ2) is 5.87. The van der Waals surface area contributed by atoms with Crippen molar-refractivity contribution >= 4 is 11.8 Å². The fraction of sp³-hybridized carbons (Fsp3) is 0.333. The van der Waals surface area contributed by atoms with Crippen molar-refractivity contribution in [2.75, 3.05) is 5.73 Å². The van der Waals surface area contributed by atoms with E-state index in [0.29, 0.717) is 11.5 Å². The van der Waals surface area contributed by atoms with Crippen LogP contribution in [0.15, 0.2) is 30.5 Å². The Hall–Kier alpha value is -2.50. The molecule has 1 amide bonds. The van der Waals surface area contributed by atoms with E-state index in [1.165, 1.54) is 0 Å². The van der Waals surface area contributed by atoms with Crippen LogP contribution in [0.2, 0.25) is 0 Å². The lowest BCUT2D eigenvalue weighted by atomic mass is 10.1. The second-order valence-electron chi connectivity index (χ2n) is 5.72. The van der Waals surface area contributed by atoms with Crippen molar-refractivity contribution in [1.29, 1.82) is 0 Å². The predicted octanol–water partition coefficient (Wildman–Crippen LogP) is 2.68. The van der Waals surface area contributed by atoms with E-state index in [4.69, 9.17) is 10.5 Å². The number of nitrogens with zero attached hydrogens (tertiary/aromatic N) is 1. The topological polar surface area (TPSA) is 93.0 Å². The van der Waals surface area contributed by atoms with E-state index < -0.39 is 11.7 Å². The average molecular weight is 288 g/mol. The van der Waals surface area contributed by atoms with E-state index in [1.807, 2.05) is 45.0 Å². The maximum Gasteiger partial charge on any atom is 0.408 e. The van der Waals surface area contributed by atoms with Gasteiger partial charge in [-0.05, 0) is 38.5 Å². The second-order valence-corrected chi connectivity index (χ2v) is 5.72. The molecule has 0 atom stereocenters. The number of ether oxygens (including phenoxy) is 1. The monoisotopic (exact) mass is 288 g/mol. The van der Waals surface area contributed by atoms with E-state index in [-0.39, 0.29) is 6.54 Å². The van der Waals surface area contributed by atoms with Gasteiger partial charge in [0.05, 0.1) is 18.4 Å². The van der Waals surface area contributed by atoms with Crippen LogP contribution >= 0.6 is 0 Å². The SMILES string of the molecule is CC(C)(C)OC(=O)NCc1ncc(-c2ccc(N)cc2)[nH]1. The molecule has 2 aromatic rings. The number of nitrogen functional groups attached to an aromatic ring is 1. The van der Waals surface area contributed by atoms with Crippen LogP contribution in [-0.4, -0.2) is 21.7 Å². The van der Waals surface area contributed by atoms with Crippen LogP contribution in [0, 0.1) is 0 Å². The van der Waals surface area contributed by atoms with Crippen molar-refractivity contribution in [2.24, 2.45) is 0 Å². The summed E-state index contributed by atoms with van der Waals surface area (Å²) in [6, 6.07) is 7.48. The molecule has 6 heteroatoms. The predicted molar refractivity (Wildman–Crippen MR) is 81.5 cm³/mol. The molecule has 112 valence electrons. The minimum atomic E-state index is -0.512. The summed E-state index contributed by atoms with van der Waals surface area (Å²) < 4.78 is 5.16. The summed E-state index contributed by atoms with van der Waals surface area (Å²) in [4.78, 5) is 18.9. The Morgan fingerprint density at radius 2 is 2.00 bits per heavy atom. The normalized spacial score (nSPS) is 11.2. The van der Waals surface area contributed by atoms with Crippen molar-refractivity contribution in [3.05, 3.63) is 36.3 Å². The number of amides is 1. The van der Waals surface area contributed by atoms with Gasteiger partial charge in [0.2, 0.25) is 0 Å². The zero-order valence-electron chi connectivity index (χ0n) is 12.4. The molecule has 1 heterocycles. The molecule has 1 aromatic heterocycles. The summed E-state index contributed by atoms with van der Waals surface area (Å²) in [6.45, 7) is 5.74. The lowest BCUT2D eigenvalue weighted by Gasteiger charge is -2.19. The van der Waals surface area contributed by atoms with Crippen molar-refractivity contribution in [2.45, 2.75) is 32.9 Å². The van der Waals surface area contributed by atoms with Crippen LogP contribution < -0.4 is 11.1 Å². The van der Waals surface area contributed by atoms with Gasteiger partial charge in [0, 0.05) is 5.69 Å². The number of imidazole rings is 1. The number of anilines is 1. The molecule has 0 bridgehead atoms. The lowest BCUT2D eigenvalue weighted by molar-refractivity contribution is 0.0522. The molecule has 0 saturated carbocycles. The van der Waals surface area contributed by atoms with Gasteiger partial charge in [-0.1, -0.05) is 12.1 Å². The first kappa shape index (κ1) is 14.9. The minimum absolute atomic E-state index is 0.282. The smallest absolute Gasteiger partial charge is 0.408 e. The molecule has 0 aliphatic heterocycles. The largest absolute Gasteiger partial charge is 0.444 e. The third-order valence-electron chi connectivity index (χ3n) is 2.65. The van der Waals surface area contributed by atoms with E-state index >= 15 is 0 Å². The number of nitrogens with one attached hydrogen (secondary N) is 2. The molecule has 0 unspecified atom stereocenters. The number of carbonyl (C=O) groups excluding carboxylic acids is 1. The number of H-pyrrole nitrogens is 1. The van der Waals surface area contributed by atoms with Gasteiger partial charge in [0.15, 0.2) is 0 Å². The molecule has 6 nitrogen and oxygen atoms in total. The molecule has 1 aromatic carbocycles. The standard InChI is InChI=1S/C15H20N4O2/c1-15(2,3)21-14(20)18-9-13-17-8-12(19-13)10-4-6-11(16)7-5-10/h4-8H,9,16H2,1-3H3,(H,17,19)(H,18,20). The molecule has 0 spiro atoms. The molecule has 4 N–H and O–H groups in total. The third-order valence-corrected chi connectivity index (χ3v) is 2.65. The fourth-order valence-electron chi connectivity index (χ4n) is 1.73. The Morgan fingerprint density at radius 1 is 1.33 bits per heavy atom. The van der Waals surface area contributed by atoms with E-state index in [9.17, 15) is 4.79 Å². The Labute approximate surface area is 123 Å². The Balaban J connectivity index is 1.94. The molecule has 0 radical (unpaired) electrons. The van der Waals surface area contributed by atoms with Gasteiger partial charge in [0.1, 0.15) is 11.4 Å². The summed E-state index contributed by atoms with van der Waals surface area (Å²) in [7, 11) is 0. The van der Waals surface area contributed by atoms with E-state index in [1.54, 1.807) is 6.20 Å². The Bertz CT molecular complexity index is 611. The first-order valence-electron chi connectivity index (χ1n) is 6.70. The molecule has 21 heavy (non-hydrogen) atoms. The first-order valence-corrected chi connectivity index (χ1v) is 6.70. The number of hydrogen-bond acceptors (Lipinski definition) is 4. The Morgan fingerprint density at radius 3 is 2.62 bits per heavy atom. The fourth-order valence-corrected chi connectivity index (χ4v) is 1.73. The highest BCUT2D eigenvalue weighted by Gasteiger charge is 2.16. The van der Waals surface area contributed by atoms with Gasteiger partial charge in [-0.15, -0.1) is 0 Å². The summed E-state index contributed by atoms with van der Waals surface area (Å²) in [5.74, 6) is 0.660. The number of rotatable bonds is 3. The first-order chi connectivity index (χ1) is 9.83. The van der Waals surface area contributed by atoms with Gasteiger partial charge in [-0.2, -0.15) is 0 Å². The van der Waals surface area contributed by atoms with E-state index in [0.717, 1.165) is 11.3 Å². The van der Waals surface area contributed by atoms with E-state index in [2.05, 4.69) is 15.3 Å². The molecular weight excluding hydrogens is 268 g/mol. The van der Waals surface area contributed by atoms with Gasteiger partial charge >= 0.3 is 6.09 Å². The number of aromatic nitrogens is 2. The molecular formula is C15H20N4O2. The number of benzene rings is 1. The van der Waals surface area contributed by atoms with Crippen molar-refractivity contribution in [3.8, 4) is 11.3 Å². The van der Waals surface area contributed by atoms with Crippen LogP contribution in [0.25, 0.3) is 11.3 Å². The Kier molecular flexibility index (Phi) is 4.16. The number of alkyl carbamates (subject to hydrolysis) is 1. The molecule has 0 saturated heterocycles. The highest BCUT2D eigenvalue weighted by molar-refractivity contribution is 5.67. The summed E-state index contributed by atoms with van der Waals surface area (Å²) in [5.41, 5.74) is 7.71.